The Bertz CT molecular complexity index is 391. The lowest BCUT2D eigenvalue weighted by atomic mass is 9.82. The molecule has 1 N–H and O–H groups in total. The third-order valence-corrected chi connectivity index (χ3v) is 2.80. The van der Waals surface area contributed by atoms with Crippen molar-refractivity contribution < 1.29 is 9.90 Å². The number of rotatable bonds is 3. The normalized spacial score (nSPS) is 16.1. The molecule has 1 aliphatic rings. The molecule has 15 heavy (non-hydrogen) atoms. The van der Waals surface area contributed by atoms with Crippen molar-refractivity contribution in [1.29, 1.82) is 0 Å². The molecule has 0 aliphatic heterocycles. The first-order chi connectivity index (χ1) is 7.15. The van der Waals surface area contributed by atoms with Gasteiger partial charge in [-0.1, -0.05) is 6.42 Å². The molecule has 0 amide bonds. The van der Waals surface area contributed by atoms with Crippen LogP contribution in [0.15, 0.2) is 6.07 Å². The van der Waals surface area contributed by atoms with E-state index in [0.717, 1.165) is 18.5 Å². The Morgan fingerprint density at radius 2 is 2.27 bits per heavy atom. The second kappa shape index (κ2) is 4.14. The molecule has 1 aromatic rings. The predicted octanol–water partition coefficient (Wildman–Crippen LogP) is 2.02. The zero-order valence-electron chi connectivity index (χ0n) is 8.11. The molecule has 0 radical (unpaired) electrons. The summed E-state index contributed by atoms with van der Waals surface area (Å²) in [5.41, 5.74) is 1.38. The monoisotopic (exact) mass is 226 g/mol. The molecule has 1 aromatic heterocycles. The molecular formula is C10H11ClN2O2. The third-order valence-electron chi connectivity index (χ3n) is 2.63. The van der Waals surface area contributed by atoms with Gasteiger partial charge in [0.25, 0.3) is 0 Å². The minimum Gasteiger partial charge on any atom is -0.481 e. The van der Waals surface area contributed by atoms with E-state index in [9.17, 15) is 4.79 Å². The van der Waals surface area contributed by atoms with Gasteiger partial charge in [0.05, 0.1) is 12.1 Å². The zero-order chi connectivity index (χ0) is 10.8. The highest BCUT2D eigenvalue weighted by Crippen LogP contribution is 2.35. The maximum Gasteiger partial charge on any atom is 0.309 e. The Balaban J connectivity index is 2.23. The van der Waals surface area contributed by atoms with Crippen LogP contribution in [0.2, 0.25) is 5.28 Å². The van der Waals surface area contributed by atoms with E-state index in [4.69, 9.17) is 16.7 Å². The van der Waals surface area contributed by atoms with Gasteiger partial charge in [-0.25, -0.2) is 9.97 Å². The van der Waals surface area contributed by atoms with Crippen molar-refractivity contribution >= 4 is 17.6 Å². The molecule has 2 rings (SSSR count). The van der Waals surface area contributed by atoms with E-state index in [2.05, 4.69) is 9.97 Å². The van der Waals surface area contributed by atoms with Gasteiger partial charge >= 0.3 is 5.97 Å². The van der Waals surface area contributed by atoms with Gasteiger partial charge in [0.1, 0.15) is 0 Å². The van der Waals surface area contributed by atoms with Gasteiger partial charge in [0.15, 0.2) is 0 Å². The van der Waals surface area contributed by atoms with E-state index in [1.54, 1.807) is 6.07 Å². The predicted molar refractivity (Wildman–Crippen MR) is 55.0 cm³/mol. The average molecular weight is 227 g/mol. The largest absolute Gasteiger partial charge is 0.481 e. The van der Waals surface area contributed by atoms with Crippen LogP contribution in [0.5, 0.6) is 0 Å². The number of aromatic nitrogens is 2. The molecule has 1 fully saturated rings. The molecule has 0 aromatic carbocycles. The van der Waals surface area contributed by atoms with E-state index < -0.39 is 5.97 Å². The summed E-state index contributed by atoms with van der Waals surface area (Å²) in [5.74, 6) is -0.456. The van der Waals surface area contributed by atoms with E-state index >= 15 is 0 Å². The van der Waals surface area contributed by atoms with Gasteiger partial charge in [-0.15, -0.1) is 0 Å². The van der Waals surface area contributed by atoms with Gasteiger partial charge in [-0.05, 0) is 30.5 Å². The van der Waals surface area contributed by atoms with Crippen LogP contribution in [0, 0.1) is 0 Å². The van der Waals surface area contributed by atoms with E-state index in [1.165, 1.54) is 6.42 Å². The molecule has 1 aliphatic carbocycles. The van der Waals surface area contributed by atoms with Crippen LogP contribution in [0.1, 0.15) is 36.6 Å². The summed E-state index contributed by atoms with van der Waals surface area (Å²) in [6.07, 6.45) is 3.34. The Hall–Kier alpha value is -1.16. The molecule has 5 heteroatoms. The summed E-state index contributed by atoms with van der Waals surface area (Å²) in [6.45, 7) is 0. The number of aliphatic carboxylic acids is 1. The van der Waals surface area contributed by atoms with Crippen LogP contribution in [0.3, 0.4) is 0 Å². The smallest absolute Gasteiger partial charge is 0.309 e. The summed E-state index contributed by atoms with van der Waals surface area (Å²) in [6, 6.07) is 1.75. The molecule has 1 saturated carbocycles. The first kappa shape index (κ1) is 10.4. The highest BCUT2D eigenvalue weighted by Gasteiger charge is 2.22. The van der Waals surface area contributed by atoms with Crippen molar-refractivity contribution in [3.8, 4) is 0 Å². The Labute approximate surface area is 92.3 Å². The molecular weight excluding hydrogens is 216 g/mol. The summed E-state index contributed by atoms with van der Waals surface area (Å²) < 4.78 is 0. The number of hydrogen-bond donors (Lipinski definition) is 1. The van der Waals surface area contributed by atoms with Crippen molar-refractivity contribution in [1.82, 2.24) is 9.97 Å². The van der Waals surface area contributed by atoms with Crippen LogP contribution in [-0.4, -0.2) is 21.0 Å². The first-order valence-electron chi connectivity index (χ1n) is 4.90. The average Bonchev–Trinajstić information content (AvgIpc) is 1.96. The van der Waals surface area contributed by atoms with Crippen molar-refractivity contribution in [3.63, 3.8) is 0 Å². The Kier molecular flexibility index (Phi) is 2.86. The summed E-state index contributed by atoms with van der Waals surface area (Å²) in [5, 5.41) is 8.80. The molecule has 0 saturated heterocycles. The van der Waals surface area contributed by atoms with E-state index in [-0.39, 0.29) is 11.7 Å². The second-order valence-corrected chi connectivity index (χ2v) is 4.09. The molecule has 80 valence electrons. The van der Waals surface area contributed by atoms with Crippen molar-refractivity contribution in [2.75, 3.05) is 0 Å². The number of carboxylic acids is 1. The maximum absolute atomic E-state index is 10.5. The maximum atomic E-state index is 10.5. The molecule has 4 nitrogen and oxygen atoms in total. The van der Waals surface area contributed by atoms with Crippen molar-refractivity contribution in [2.45, 2.75) is 31.6 Å². The van der Waals surface area contributed by atoms with Gasteiger partial charge < -0.3 is 5.11 Å². The van der Waals surface area contributed by atoms with Gasteiger partial charge in [-0.3, -0.25) is 4.79 Å². The lowest BCUT2D eigenvalue weighted by Crippen LogP contribution is -2.13. The lowest BCUT2D eigenvalue weighted by Gasteiger charge is -2.24. The van der Waals surface area contributed by atoms with E-state index in [0.29, 0.717) is 11.6 Å². The fraction of sp³-hybridized carbons (Fsp3) is 0.500. The molecule has 1 heterocycles. The van der Waals surface area contributed by atoms with Crippen LogP contribution in [-0.2, 0) is 11.2 Å². The second-order valence-electron chi connectivity index (χ2n) is 3.75. The number of nitrogens with zero attached hydrogens (tertiary/aromatic N) is 2. The number of carbonyl (C=O) groups is 1. The van der Waals surface area contributed by atoms with Crippen LogP contribution in [0.25, 0.3) is 0 Å². The lowest BCUT2D eigenvalue weighted by molar-refractivity contribution is -0.136. The summed E-state index contributed by atoms with van der Waals surface area (Å²) in [7, 11) is 0. The fourth-order valence-electron chi connectivity index (χ4n) is 1.64. The quantitative estimate of drug-likeness (QED) is 0.801. The highest BCUT2D eigenvalue weighted by atomic mass is 35.5. The van der Waals surface area contributed by atoms with Gasteiger partial charge in [0, 0.05) is 11.6 Å². The van der Waals surface area contributed by atoms with Crippen LogP contribution < -0.4 is 0 Å². The number of carboxylic acid groups (broad SMARTS) is 1. The summed E-state index contributed by atoms with van der Waals surface area (Å²) in [4.78, 5) is 18.6. The SMILES string of the molecule is O=C(O)Cc1cc(C2CCC2)nc(Cl)n1. The Morgan fingerprint density at radius 1 is 1.53 bits per heavy atom. The number of halogens is 1. The first-order valence-corrected chi connectivity index (χ1v) is 5.28. The standard InChI is InChI=1S/C10H11ClN2O2/c11-10-12-7(5-9(14)15)4-8(13-10)6-2-1-3-6/h4,6H,1-3,5H2,(H,14,15). The molecule has 0 bridgehead atoms. The Morgan fingerprint density at radius 3 is 2.80 bits per heavy atom. The highest BCUT2D eigenvalue weighted by molar-refractivity contribution is 6.28. The van der Waals surface area contributed by atoms with Crippen molar-refractivity contribution in [3.05, 3.63) is 22.7 Å². The molecule has 0 atom stereocenters. The molecule has 0 unspecified atom stereocenters. The van der Waals surface area contributed by atoms with E-state index in [1.807, 2.05) is 0 Å². The van der Waals surface area contributed by atoms with Crippen LogP contribution in [0.4, 0.5) is 0 Å². The fourth-order valence-corrected chi connectivity index (χ4v) is 1.85. The number of hydrogen-bond acceptors (Lipinski definition) is 3. The van der Waals surface area contributed by atoms with Crippen LogP contribution >= 0.6 is 11.6 Å². The van der Waals surface area contributed by atoms with Gasteiger partial charge in [-0.2, -0.15) is 0 Å². The minimum atomic E-state index is -0.899. The third kappa shape index (κ3) is 2.45. The summed E-state index contributed by atoms with van der Waals surface area (Å²) >= 11 is 5.74. The van der Waals surface area contributed by atoms with Crippen molar-refractivity contribution in [2.24, 2.45) is 0 Å². The minimum absolute atomic E-state index is 0.0953. The topological polar surface area (TPSA) is 63.1 Å². The van der Waals surface area contributed by atoms with Gasteiger partial charge in [0.2, 0.25) is 5.28 Å². The molecule has 0 spiro atoms. The zero-order valence-corrected chi connectivity index (χ0v) is 8.87.